The van der Waals surface area contributed by atoms with Crippen LogP contribution in [-0.2, 0) is 4.79 Å². The second kappa shape index (κ2) is 8.75. The molecule has 0 aliphatic rings. The zero-order chi connectivity index (χ0) is 22.8. The summed E-state index contributed by atoms with van der Waals surface area (Å²) in [5, 5.41) is 3.09. The average molecular weight is 433 g/mol. The number of nitrogens with one attached hydrogen (secondary N) is 1. The number of aryl methyl sites for hydroxylation is 2. The number of benzene rings is 4. The Kier molecular flexibility index (Phi) is 5.49. The summed E-state index contributed by atoms with van der Waals surface area (Å²) in [7, 11) is 0. The van der Waals surface area contributed by atoms with Crippen molar-refractivity contribution in [2.45, 2.75) is 19.8 Å². The minimum absolute atomic E-state index is 0.0895. The molecule has 0 saturated carbocycles. The largest absolute Gasteiger partial charge is 0.436 e. The lowest BCUT2D eigenvalue weighted by atomic mass is 9.90. The molecule has 1 aromatic heterocycles. The third-order valence-corrected chi connectivity index (χ3v) is 5.91. The number of amides is 1. The highest BCUT2D eigenvalue weighted by Gasteiger charge is 2.23. The van der Waals surface area contributed by atoms with Gasteiger partial charge in [-0.1, -0.05) is 66.7 Å². The summed E-state index contributed by atoms with van der Waals surface area (Å²) >= 11 is 0. The average Bonchev–Trinajstić information content (AvgIpc) is 3.24. The molecule has 33 heavy (non-hydrogen) atoms. The fraction of sp³-hybridized carbons (Fsp3) is 0.103. The lowest BCUT2D eigenvalue weighted by Gasteiger charge is -2.18. The Bertz CT molecular complexity index is 1340. The first-order valence-corrected chi connectivity index (χ1v) is 11.0. The standard InChI is InChI=1S/C29H24N2O2/c1-19-16-25-26(17-20(19)2)33-29(31-25)23-14-9-15-24(18-23)30-28(32)27(21-10-5-3-6-11-21)22-12-7-4-8-13-22/h3-18,27H,1-2H3,(H,30,32). The molecule has 1 amide bonds. The summed E-state index contributed by atoms with van der Waals surface area (Å²) in [6.45, 7) is 4.12. The molecule has 0 unspecified atom stereocenters. The van der Waals surface area contributed by atoms with Gasteiger partial charge in [0, 0.05) is 11.3 Å². The fourth-order valence-corrected chi connectivity index (χ4v) is 4.03. The van der Waals surface area contributed by atoms with Crippen molar-refractivity contribution in [3.05, 3.63) is 119 Å². The van der Waals surface area contributed by atoms with Crippen LogP contribution in [0.15, 0.2) is 101 Å². The Morgan fingerprint density at radius 2 is 1.42 bits per heavy atom. The van der Waals surface area contributed by atoms with Gasteiger partial charge in [0.15, 0.2) is 5.58 Å². The molecule has 5 rings (SSSR count). The zero-order valence-electron chi connectivity index (χ0n) is 18.6. The van der Waals surface area contributed by atoms with Gasteiger partial charge in [0.25, 0.3) is 0 Å². The van der Waals surface area contributed by atoms with Gasteiger partial charge in [0.2, 0.25) is 11.8 Å². The van der Waals surface area contributed by atoms with Crippen LogP contribution in [0.2, 0.25) is 0 Å². The second-order valence-electron chi connectivity index (χ2n) is 8.25. The third kappa shape index (κ3) is 4.28. The minimum atomic E-state index is -0.411. The molecule has 0 radical (unpaired) electrons. The minimum Gasteiger partial charge on any atom is -0.436 e. The van der Waals surface area contributed by atoms with E-state index >= 15 is 0 Å². The molecule has 0 aliphatic heterocycles. The highest BCUT2D eigenvalue weighted by atomic mass is 16.3. The molecular weight excluding hydrogens is 408 g/mol. The van der Waals surface area contributed by atoms with E-state index in [1.807, 2.05) is 97.1 Å². The van der Waals surface area contributed by atoms with Crippen molar-refractivity contribution in [1.82, 2.24) is 4.98 Å². The summed E-state index contributed by atoms with van der Waals surface area (Å²) in [5.41, 5.74) is 7.34. The van der Waals surface area contributed by atoms with E-state index in [1.165, 1.54) is 11.1 Å². The smallest absolute Gasteiger partial charge is 0.236 e. The summed E-state index contributed by atoms with van der Waals surface area (Å²) in [4.78, 5) is 18.1. The van der Waals surface area contributed by atoms with Gasteiger partial charge in [-0.15, -0.1) is 0 Å². The number of hydrogen-bond acceptors (Lipinski definition) is 3. The number of aromatic nitrogens is 1. The highest BCUT2D eigenvalue weighted by molar-refractivity contribution is 5.98. The molecule has 1 N–H and O–H groups in total. The SMILES string of the molecule is Cc1cc2nc(-c3cccc(NC(=O)C(c4ccccc4)c4ccccc4)c3)oc2cc1C. The van der Waals surface area contributed by atoms with E-state index < -0.39 is 5.92 Å². The summed E-state index contributed by atoms with van der Waals surface area (Å²) in [6.07, 6.45) is 0. The van der Waals surface area contributed by atoms with E-state index in [2.05, 4.69) is 24.1 Å². The van der Waals surface area contributed by atoms with Gasteiger partial charge in [0.05, 0.1) is 5.92 Å². The van der Waals surface area contributed by atoms with Crippen LogP contribution in [0.1, 0.15) is 28.2 Å². The van der Waals surface area contributed by atoms with Crippen molar-refractivity contribution in [3.63, 3.8) is 0 Å². The van der Waals surface area contributed by atoms with Crippen molar-refractivity contribution in [3.8, 4) is 11.5 Å². The predicted molar refractivity (Wildman–Crippen MR) is 132 cm³/mol. The Labute approximate surface area is 192 Å². The van der Waals surface area contributed by atoms with Crippen molar-refractivity contribution >= 4 is 22.7 Å². The molecule has 0 aliphatic carbocycles. The molecule has 4 aromatic carbocycles. The number of anilines is 1. The summed E-state index contributed by atoms with van der Waals surface area (Å²) in [6, 6.07) is 31.3. The monoisotopic (exact) mass is 432 g/mol. The first-order valence-electron chi connectivity index (χ1n) is 11.0. The van der Waals surface area contributed by atoms with E-state index in [-0.39, 0.29) is 5.91 Å². The molecule has 0 spiro atoms. The van der Waals surface area contributed by atoms with Crippen LogP contribution >= 0.6 is 0 Å². The number of nitrogens with zero attached hydrogens (tertiary/aromatic N) is 1. The van der Waals surface area contributed by atoms with E-state index in [1.54, 1.807) is 0 Å². The second-order valence-corrected chi connectivity index (χ2v) is 8.25. The van der Waals surface area contributed by atoms with E-state index in [0.717, 1.165) is 27.8 Å². The fourth-order valence-electron chi connectivity index (χ4n) is 4.03. The normalized spacial score (nSPS) is 11.1. The van der Waals surface area contributed by atoms with Gasteiger partial charge in [-0.25, -0.2) is 4.98 Å². The number of oxazole rings is 1. The molecule has 0 bridgehead atoms. The molecule has 4 heteroatoms. The van der Waals surface area contributed by atoms with Crippen molar-refractivity contribution in [2.75, 3.05) is 5.32 Å². The lowest BCUT2D eigenvalue weighted by molar-refractivity contribution is -0.116. The molecule has 0 fully saturated rings. The Morgan fingerprint density at radius 3 is 2.09 bits per heavy atom. The van der Waals surface area contributed by atoms with Gasteiger partial charge in [0.1, 0.15) is 5.52 Å². The maximum Gasteiger partial charge on any atom is 0.236 e. The summed E-state index contributed by atoms with van der Waals surface area (Å²) in [5.74, 6) is 0.0356. The highest BCUT2D eigenvalue weighted by Crippen LogP contribution is 2.30. The van der Waals surface area contributed by atoms with Gasteiger partial charge in [-0.2, -0.15) is 0 Å². The van der Waals surface area contributed by atoms with Gasteiger partial charge < -0.3 is 9.73 Å². The van der Waals surface area contributed by atoms with Crippen LogP contribution in [0.3, 0.4) is 0 Å². The number of carbonyl (C=O) groups excluding carboxylic acids is 1. The van der Waals surface area contributed by atoms with Crippen molar-refractivity contribution in [1.29, 1.82) is 0 Å². The predicted octanol–water partition coefficient (Wildman–Crippen LogP) is 6.88. The first-order chi connectivity index (χ1) is 16.1. The molecule has 162 valence electrons. The van der Waals surface area contributed by atoms with Gasteiger partial charge >= 0.3 is 0 Å². The zero-order valence-corrected chi connectivity index (χ0v) is 18.6. The van der Waals surface area contributed by atoms with Crippen LogP contribution in [0, 0.1) is 13.8 Å². The lowest BCUT2D eigenvalue weighted by Crippen LogP contribution is -2.22. The molecule has 0 saturated heterocycles. The van der Waals surface area contributed by atoms with Crippen LogP contribution in [0.25, 0.3) is 22.6 Å². The van der Waals surface area contributed by atoms with Crippen LogP contribution in [0.4, 0.5) is 5.69 Å². The van der Waals surface area contributed by atoms with E-state index in [9.17, 15) is 4.79 Å². The Balaban J connectivity index is 1.46. The van der Waals surface area contributed by atoms with Crippen LogP contribution in [-0.4, -0.2) is 10.9 Å². The molecule has 1 heterocycles. The van der Waals surface area contributed by atoms with Crippen LogP contribution in [0.5, 0.6) is 0 Å². The quantitative estimate of drug-likeness (QED) is 0.329. The Morgan fingerprint density at radius 1 is 0.788 bits per heavy atom. The Hall–Kier alpha value is -4.18. The van der Waals surface area contributed by atoms with E-state index in [0.29, 0.717) is 11.6 Å². The number of fused-ring (bicyclic) bond motifs is 1. The first kappa shape index (κ1) is 20.7. The van der Waals surface area contributed by atoms with Crippen LogP contribution < -0.4 is 5.32 Å². The maximum atomic E-state index is 13.4. The molecule has 4 nitrogen and oxygen atoms in total. The summed E-state index contributed by atoms with van der Waals surface area (Å²) < 4.78 is 6.01. The maximum absolute atomic E-state index is 13.4. The molecule has 0 atom stereocenters. The van der Waals surface area contributed by atoms with Crippen molar-refractivity contribution in [2.24, 2.45) is 0 Å². The van der Waals surface area contributed by atoms with Gasteiger partial charge in [-0.05, 0) is 66.4 Å². The van der Waals surface area contributed by atoms with E-state index in [4.69, 9.17) is 4.42 Å². The molecular formula is C29H24N2O2. The topological polar surface area (TPSA) is 55.1 Å². The third-order valence-electron chi connectivity index (χ3n) is 5.91. The number of hydrogen-bond donors (Lipinski definition) is 1. The number of rotatable bonds is 5. The van der Waals surface area contributed by atoms with Gasteiger partial charge in [-0.3, -0.25) is 4.79 Å². The number of carbonyl (C=O) groups is 1. The molecule has 5 aromatic rings. The van der Waals surface area contributed by atoms with Crippen molar-refractivity contribution < 1.29 is 9.21 Å².